The molecule has 6 heteroatoms. The predicted molar refractivity (Wildman–Crippen MR) is 69.5 cm³/mol. The van der Waals surface area contributed by atoms with Gasteiger partial charge in [-0.3, -0.25) is 14.4 Å². The average Bonchev–Trinajstić information content (AvgIpc) is 2.86. The van der Waals surface area contributed by atoms with Crippen molar-refractivity contribution in [2.24, 2.45) is 17.3 Å². The van der Waals surface area contributed by atoms with Crippen LogP contribution in [0.15, 0.2) is 12.2 Å². The van der Waals surface area contributed by atoms with Crippen LogP contribution in [0.3, 0.4) is 0 Å². The summed E-state index contributed by atoms with van der Waals surface area (Å²) in [6.07, 6.45) is 0.151. The summed E-state index contributed by atoms with van der Waals surface area (Å²) in [6, 6.07) is 0. The zero-order valence-corrected chi connectivity index (χ0v) is 12.2. The van der Waals surface area contributed by atoms with Crippen LogP contribution in [0.25, 0.3) is 0 Å². The lowest BCUT2D eigenvalue weighted by atomic mass is 9.84. The molecule has 2 atom stereocenters. The van der Waals surface area contributed by atoms with E-state index in [0.717, 1.165) is 5.57 Å². The van der Waals surface area contributed by atoms with Crippen molar-refractivity contribution in [3.8, 4) is 0 Å². The third-order valence-electron chi connectivity index (χ3n) is 3.91. The lowest BCUT2D eigenvalue weighted by Crippen LogP contribution is -2.39. The SMILES string of the molecule is C=C(C)C1CC(C(=O)OC)(C(=O)OC)CC1C(=O)OC. The number of hydrogen-bond donors (Lipinski definition) is 0. The fraction of sp³-hybridized carbons (Fsp3) is 0.643. The molecule has 0 aliphatic heterocycles. The molecule has 0 heterocycles. The summed E-state index contributed by atoms with van der Waals surface area (Å²) >= 11 is 0. The maximum absolute atomic E-state index is 12.1. The molecule has 1 aliphatic carbocycles. The van der Waals surface area contributed by atoms with Crippen molar-refractivity contribution in [1.29, 1.82) is 0 Å². The highest BCUT2D eigenvalue weighted by atomic mass is 16.5. The normalized spacial score (nSPS) is 23.8. The standard InChI is InChI=1S/C14H20O6/c1-8(2)9-6-14(12(16)19-4,13(17)20-5)7-10(9)11(15)18-3/h9-10H,1,6-7H2,2-5H3. The Balaban J connectivity index is 3.23. The Hall–Kier alpha value is -1.85. The van der Waals surface area contributed by atoms with Gasteiger partial charge in [-0.1, -0.05) is 12.2 Å². The Morgan fingerprint density at radius 2 is 1.40 bits per heavy atom. The highest BCUT2D eigenvalue weighted by molar-refractivity contribution is 6.01. The van der Waals surface area contributed by atoms with Gasteiger partial charge in [0.1, 0.15) is 0 Å². The number of methoxy groups -OCH3 is 3. The second-order valence-corrected chi connectivity index (χ2v) is 5.06. The van der Waals surface area contributed by atoms with E-state index in [4.69, 9.17) is 14.2 Å². The third kappa shape index (κ3) is 2.55. The zero-order valence-electron chi connectivity index (χ0n) is 12.2. The Morgan fingerprint density at radius 3 is 1.75 bits per heavy atom. The largest absolute Gasteiger partial charge is 0.469 e. The molecule has 112 valence electrons. The first-order chi connectivity index (χ1) is 9.33. The smallest absolute Gasteiger partial charge is 0.323 e. The molecule has 0 spiro atoms. The lowest BCUT2D eigenvalue weighted by Gasteiger charge is -2.23. The molecule has 0 saturated heterocycles. The Morgan fingerprint density at radius 1 is 0.950 bits per heavy atom. The lowest BCUT2D eigenvalue weighted by molar-refractivity contribution is -0.169. The topological polar surface area (TPSA) is 78.9 Å². The molecule has 0 amide bonds. The number of carbonyl (C=O) groups excluding carboxylic acids is 3. The molecule has 6 nitrogen and oxygen atoms in total. The van der Waals surface area contributed by atoms with Gasteiger partial charge in [-0.05, 0) is 25.7 Å². The van der Waals surface area contributed by atoms with E-state index in [9.17, 15) is 14.4 Å². The highest BCUT2D eigenvalue weighted by Crippen LogP contribution is 2.50. The molecule has 1 fully saturated rings. The predicted octanol–water partition coefficient (Wildman–Crippen LogP) is 1.09. The van der Waals surface area contributed by atoms with E-state index in [1.807, 2.05) is 0 Å². The van der Waals surface area contributed by atoms with E-state index in [0.29, 0.717) is 0 Å². The Bertz CT molecular complexity index is 423. The van der Waals surface area contributed by atoms with Crippen molar-refractivity contribution >= 4 is 17.9 Å². The van der Waals surface area contributed by atoms with E-state index in [1.165, 1.54) is 21.3 Å². The van der Waals surface area contributed by atoms with Gasteiger partial charge in [0.15, 0.2) is 5.41 Å². The number of esters is 3. The van der Waals surface area contributed by atoms with Gasteiger partial charge in [0.2, 0.25) is 0 Å². The van der Waals surface area contributed by atoms with Gasteiger partial charge >= 0.3 is 17.9 Å². The van der Waals surface area contributed by atoms with E-state index in [2.05, 4.69) is 6.58 Å². The molecule has 0 N–H and O–H groups in total. The monoisotopic (exact) mass is 284 g/mol. The summed E-state index contributed by atoms with van der Waals surface area (Å²) in [5.74, 6) is -2.77. The van der Waals surface area contributed by atoms with Gasteiger partial charge in [-0.2, -0.15) is 0 Å². The van der Waals surface area contributed by atoms with Crippen LogP contribution < -0.4 is 0 Å². The van der Waals surface area contributed by atoms with Crippen molar-refractivity contribution in [1.82, 2.24) is 0 Å². The van der Waals surface area contributed by atoms with Crippen LogP contribution in [0, 0.1) is 17.3 Å². The minimum absolute atomic E-state index is 0.0105. The second kappa shape index (κ2) is 6.07. The molecule has 0 aromatic heterocycles. The molecule has 1 aliphatic rings. The van der Waals surface area contributed by atoms with Crippen LogP contribution in [0.4, 0.5) is 0 Å². The molecule has 0 bridgehead atoms. The number of hydrogen-bond acceptors (Lipinski definition) is 6. The summed E-state index contributed by atoms with van der Waals surface area (Å²) in [4.78, 5) is 36.0. The fourth-order valence-electron chi connectivity index (χ4n) is 2.84. The van der Waals surface area contributed by atoms with E-state index < -0.39 is 29.2 Å². The number of allylic oxidation sites excluding steroid dienone is 1. The van der Waals surface area contributed by atoms with Crippen molar-refractivity contribution in [3.63, 3.8) is 0 Å². The first-order valence-corrected chi connectivity index (χ1v) is 6.24. The van der Waals surface area contributed by atoms with Crippen molar-refractivity contribution < 1.29 is 28.6 Å². The summed E-state index contributed by atoms with van der Waals surface area (Å²) < 4.78 is 14.2. The molecule has 20 heavy (non-hydrogen) atoms. The first kappa shape index (κ1) is 16.2. The maximum atomic E-state index is 12.1. The summed E-state index contributed by atoms with van der Waals surface area (Å²) in [5.41, 5.74) is -0.749. The molecule has 0 aromatic rings. The second-order valence-electron chi connectivity index (χ2n) is 5.06. The van der Waals surface area contributed by atoms with Crippen molar-refractivity contribution in [3.05, 3.63) is 12.2 Å². The van der Waals surface area contributed by atoms with Gasteiger partial charge < -0.3 is 14.2 Å². The minimum atomic E-state index is -1.47. The van der Waals surface area contributed by atoms with Crippen LogP contribution in [0.5, 0.6) is 0 Å². The van der Waals surface area contributed by atoms with Crippen LogP contribution in [0.2, 0.25) is 0 Å². The molecule has 0 radical (unpaired) electrons. The van der Waals surface area contributed by atoms with Gasteiger partial charge in [0.25, 0.3) is 0 Å². The van der Waals surface area contributed by atoms with Crippen LogP contribution in [-0.2, 0) is 28.6 Å². The number of carbonyl (C=O) groups is 3. The Kier molecular flexibility index (Phi) is 4.92. The maximum Gasteiger partial charge on any atom is 0.323 e. The third-order valence-corrected chi connectivity index (χ3v) is 3.91. The summed E-state index contributed by atoms with van der Waals surface area (Å²) in [6.45, 7) is 5.58. The molecule has 1 rings (SSSR count). The van der Waals surface area contributed by atoms with Crippen LogP contribution in [0.1, 0.15) is 19.8 Å². The minimum Gasteiger partial charge on any atom is -0.469 e. The van der Waals surface area contributed by atoms with Gasteiger partial charge in [0.05, 0.1) is 27.2 Å². The van der Waals surface area contributed by atoms with E-state index >= 15 is 0 Å². The molecule has 0 aromatic carbocycles. The van der Waals surface area contributed by atoms with Gasteiger partial charge in [0, 0.05) is 0 Å². The van der Waals surface area contributed by atoms with Crippen LogP contribution in [-0.4, -0.2) is 39.2 Å². The average molecular weight is 284 g/mol. The van der Waals surface area contributed by atoms with Gasteiger partial charge in [-0.15, -0.1) is 0 Å². The summed E-state index contributed by atoms with van der Waals surface area (Å²) in [5, 5.41) is 0. The molecular formula is C14H20O6. The Labute approximate surface area is 118 Å². The van der Waals surface area contributed by atoms with Crippen molar-refractivity contribution in [2.75, 3.05) is 21.3 Å². The fourth-order valence-corrected chi connectivity index (χ4v) is 2.84. The molecule has 1 saturated carbocycles. The first-order valence-electron chi connectivity index (χ1n) is 6.24. The highest BCUT2D eigenvalue weighted by Gasteiger charge is 2.59. The summed E-state index contributed by atoms with van der Waals surface area (Å²) in [7, 11) is 3.68. The van der Waals surface area contributed by atoms with Crippen molar-refractivity contribution in [2.45, 2.75) is 19.8 Å². The number of ether oxygens (including phenoxy) is 3. The van der Waals surface area contributed by atoms with E-state index in [-0.39, 0.29) is 18.8 Å². The molecule has 2 unspecified atom stereocenters. The van der Waals surface area contributed by atoms with Crippen LogP contribution >= 0.6 is 0 Å². The molecular weight excluding hydrogens is 264 g/mol. The number of rotatable bonds is 4. The van der Waals surface area contributed by atoms with Gasteiger partial charge in [-0.25, -0.2) is 0 Å². The zero-order chi connectivity index (χ0) is 15.5. The van der Waals surface area contributed by atoms with E-state index in [1.54, 1.807) is 6.92 Å². The quantitative estimate of drug-likeness (QED) is 0.333.